The Bertz CT molecular complexity index is 500. The minimum Gasteiger partial charge on any atom is -0.490 e. The van der Waals surface area contributed by atoms with E-state index in [9.17, 15) is 5.11 Å². The number of aliphatic hydroxyl groups excluding tert-OH is 1. The van der Waals surface area contributed by atoms with Gasteiger partial charge in [0, 0.05) is 29.2 Å². The fraction of sp³-hybridized carbons (Fsp3) is 0.625. The lowest BCUT2D eigenvalue weighted by molar-refractivity contribution is -0.0961. The quantitative estimate of drug-likeness (QED) is 0.915. The summed E-state index contributed by atoms with van der Waals surface area (Å²) in [5.41, 5.74) is 0.759. The van der Waals surface area contributed by atoms with E-state index in [-0.39, 0.29) is 11.7 Å². The normalized spacial score (nSPS) is 30.5. The topological polar surface area (TPSA) is 38.7 Å². The van der Waals surface area contributed by atoms with Crippen LogP contribution in [-0.4, -0.2) is 34.9 Å². The number of thioether (sulfide) groups is 1. The van der Waals surface area contributed by atoms with Crippen molar-refractivity contribution in [3.63, 3.8) is 0 Å². The molecule has 1 aromatic rings. The second-order valence-corrected chi connectivity index (χ2v) is 7.47. The molecule has 2 aliphatic heterocycles. The molecule has 21 heavy (non-hydrogen) atoms. The summed E-state index contributed by atoms with van der Waals surface area (Å²) in [4.78, 5) is 0. The molecular formula is C16H21ClO3S. The number of ether oxygens (including phenoxy) is 2. The van der Waals surface area contributed by atoms with E-state index in [4.69, 9.17) is 21.1 Å². The van der Waals surface area contributed by atoms with Gasteiger partial charge in [-0.3, -0.25) is 0 Å². The van der Waals surface area contributed by atoms with Gasteiger partial charge in [-0.2, -0.15) is 11.8 Å². The fourth-order valence-electron chi connectivity index (χ4n) is 3.08. The molecule has 0 saturated carbocycles. The maximum Gasteiger partial charge on any atom is 0.125 e. The predicted molar refractivity (Wildman–Crippen MR) is 86.4 cm³/mol. The van der Waals surface area contributed by atoms with Crippen LogP contribution in [0.3, 0.4) is 0 Å². The highest BCUT2D eigenvalue weighted by Gasteiger charge is 2.41. The van der Waals surface area contributed by atoms with E-state index in [2.05, 4.69) is 0 Å². The Balaban J connectivity index is 1.74. The van der Waals surface area contributed by atoms with Crippen LogP contribution < -0.4 is 4.74 Å². The maximum atomic E-state index is 9.90. The monoisotopic (exact) mass is 328 g/mol. The number of benzene rings is 1. The van der Waals surface area contributed by atoms with Crippen molar-refractivity contribution in [2.24, 2.45) is 0 Å². The molecule has 116 valence electrons. The molecule has 3 atom stereocenters. The average Bonchev–Trinajstić information content (AvgIpc) is 2.88. The van der Waals surface area contributed by atoms with Crippen molar-refractivity contribution in [2.75, 3.05) is 18.1 Å². The van der Waals surface area contributed by atoms with Gasteiger partial charge in [-0.05, 0) is 37.3 Å². The van der Waals surface area contributed by atoms with Crippen LogP contribution in [0.15, 0.2) is 18.2 Å². The molecule has 0 amide bonds. The third-order valence-corrected chi connectivity index (χ3v) is 5.69. The lowest BCUT2D eigenvalue weighted by atomic mass is 9.91. The van der Waals surface area contributed by atoms with Crippen molar-refractivity contribution in [1.82, 2.24) is 0 Å². The third kappa shape index (κ3) is 3.50. The van der Waals surface area contributed by atoms with Gasteiger partial charge in [0.1, 0.15) is 11.9 Å². The Kier molecular flexibility index (Phi) is 4.69. The Labute approximate surface area is 135 Å². The lowest BCUT2D eigenvalue weighted by Gasteiger charge is -2.38. The van der Waals surface area contributed by atoms with Crippen molar-refractivity contribution in [1.29, 1.82) is 0 Å². The zero-order valence-electron chi connectivity index (χ0n) is 12.2. The Morgan fingerprint density at radius 1 is 1.52 bits per heavy atom. The van der Waals surface area contributed by atoms with Gasteiger partial charge >= 0.3 is 0 Å². The van der Waals surface area contributed by atoms with Gasteiger partial charge in [0.05, 0.1) is 18.3 Å². The summed E-state index contributed by atoms with van der Waals surface area (Å²) in [5.74, 6) is 2.98. The minimum absolute atomic E-state index is 0.00496. The molecule has 0 aliphatic carbocycles. The van der Waals surface area contributed by atoms with Gasteiger partial charge in [-0.1, -0.05) is 11.6 Å². The smallest absolute Gasteiger partial charge is 0.125 e. The Morgan fingerprint density at radius 2 is 2.38 bits per heavy atom. The largest absolute Gasteiger partial charge is 0.490 e. The first kappa shape index (κ1) is 15.5. The third-order valence-electron chi connectivity index (χ3n) is 4.23. The van der Waals surface area contributed by atoms with E-state index in [1.165, 1.54) is 5.75 Å². The molecule has 3 nitrogen and oxygen atoms in total. The highest BCUT2D eigenvalue weighted by atomic mass is 35.5. The van der Waals surface area contributed by atoms with Crippen LogP contribution in [0.25, 0.3) is 0 Å². The summed E-state index contributed by atoms with van der Waals surface area (Å²) in [6.45, 7) is 2.49. The number of aliphatic hydroxyl groups is 1. The molecule has 5 heteroatoms. The van der Waals surface area contributed by atoms with Crippen LogP contribution in [0.2, 0.25) is 5.02 Å². The Hall–Kier alpha value is -0.420. The first-order valence-corrected chi connectivity index (χ1v) is 8.97. The molecule has 1 aromatic carbocycles. The van der Waals surface area contributed by atoms with E-state index in [1.54, 1.807) is 13.0 Å². The van der Waals surface area contributed by atoms with Crippen LogP contribution in [0.4, 0.5) is 0 Å². The van der Waals surface area contributed by atoms with Crippen LogP contribution >= 0.6 is 23.4 Å². The molecule has 0 bridgehead atoms. The highest BCUT2D eigenvalue weighted by Crippen LogP contribution is 2.40. The molecule has 0 radical (unpaired) electrons. The van der Waals surface area contributed by atoms with Crippen LogP contribution in [-0.2, 0) is 4.74 Å². The van der Waals surface area contributed by atoms with E-state index >= 15 is 0 Å². The Morgan fingerprint density at radius 3 is 3.10 bits per heavy atom. The van der Waals surface area contributed by atoms with Crippen molar-refractivity contribution < 1.29 is 14.6 Å². The second kappa shape index (κ2) is 6.37. The van der Waals surface area contributed by atoms with Crippen molar-refractivity contribution >= 4 is 23.4 Å². The molecule has 2 aliphatic rings. The number of halogens is 1. The second-order valence-electron chi connectivity index (χ2n) is 5.92. The van der Waals surface area contributed by atoms with Crippen LogP contribution in [0.5, 0.6) is 5.75 Å². The van der Waals surface area contributed by atoms with Crippen molar-refractivity contribution in [3.05, 3.63) is 28.8 Å². The summed E-state index contributed by atoms with van der Waals surface area (Å²) in [5, 5.41) is 10.5. The predicted octanol–water partition coefficient (Wildman–Crippen LogP) is 3.83. The average molecular weight is 329 g/mol. The number of hydrogen-bond donors (Lipinski definition) is 1. The van der Waals surface area contributed by atoms with Crippen LogP contribution in [0.1, 0.15) is 37.9 Å². The van der Waals surface area contributed by atoms with E-state index < -0.39 is 6.10 Å². The molecule has 2 heterocycles. The van der Waals surface area contributed by atoms with Gasteiger partial charge in [0.15, 0.2) is 0 Å². The lowest BCUT2D eigenvalue weighted by Crippen LogP contribution is -2.43. The first-order chi connectivity index (χ1) is 10.1. The van der Waals surface area contributed by atoms with E-state index in [1.807, 2.05) is 23.9 Å². The SMILES string of the molecule is C[C@H](O)c1cc(Cl)ccc1OC1CCOC2(CCSC2)C1. The molecule has 3 rings (SSSR count). The zero-order chi connectivity index (χ0) is 14.9. The van der Waals surface area contributed by atoms with E-state index in [0.29, 0.717) is 5.02 Å². The molecule has 0 aromatic heterocycles. The molecule has 1 N–H and O–H groups in total. The summed E-state index contributed by atoms with van der Waals surface area (Å²) < 4.78 is 12.2. The number of hydrogen-bond acceptors (Lipinski definition) is 4. The fourth-order valence-corrected chi connectivity index (χ4v) is 4.64. The summed E-state index contributed by atoms with van der Waals surface area (Å²) >= 11 is 7.97. The van der Waals surface area contributed by atoms with Crippen LogP contribution in [0, 0.1) is 0 Å². The minimum atomic E-state index is -0.588. The summed E-state index contributed by atoms with van der Waals surface area (Å²) in [6, 6.07) is 5.45. The molecule has 2 saturated heterocycles. The van der Waals surface area contributed by atoms with Crippen molar-refractivity contribution in [3.8, 4) is 5.75 Å². The maximum absolute atomic E-state index is 9.90. The van der Waals surface area contributed by atoms with Gasteiger partial charge in [-0.15, -0.1) is 0 Å². The van der Waals surface area contributed by atoms with Gasteiger partial charge in [0.25, 0.3) is 0 Å². The summed E-state index contributed by atoms with van der Waals surface area (Å²) in [6.07, 6.45) is 2.50. The molecule has 2 unspecified atom stereocenters. The van der Waals surface area contributed by atoms with Gasteiger partial charge in [-0.25, -0.2) is 0 Å². The summed E-state index contributed by atoms with van der Waals surface area (Å²) in [7, 11) is 0. The van der Waals surface area contributed by atoms with Crippen molar-refractivity contribution in [2.45, 2.75) is 44.0 Å². The zero-order valence-corrected chi connectivity index (χ0v) is 13.8. The highest BCUT2D eigenvalue weighted by molar-refractivity contribution is 7.99. The first-order valence-electron chi connectivity index (χ1n) is 7.44. The van der Waals surface area contributed by atoms with Gasteiger partial charge < -0.3 is 14.6 Å². The van der Waals surface area contributed by atoms with Gasteiger partial charge in [0.2, 0.25) is 0 Å². The molecule has 2 fully saturated rings. The number of rotatable bonds is 3. The standard InChI is InChI=1S/C16H21ClO3S/c1-11(18)14-8-12(17)2-3-15(14)20-13-4-6-19-16(9-13)5-7-21-10-16/h2-3,8,11,13,18H,4-7,9-10H2,1H3/t11-,13?,16?/m0/s1. The van der Waals surface area contributed by atoms with E-state index in [0.717, 1.165) is 42.9 Å². The molecule has 1 spiro atoms. The molecular weight excluding hydrogens is 308 g/mol.